The van der Waals surface area contributed by atoms with Gasteiger partial charge in [0.25, 0.3) is 0 Å². The van der Waals surface area contributed by atoms with Gasteiger partial charge in [-0.1, -0.05) is 6.92 Å². The fourth-order valence-electron chi connectivity index (χ4n) is 6.62. The van der Waals surface area contributed by atoms with Crippen LogP contribution in [0.4, 0.5) is 34.1 Å². The Labute approximate surface area is 348 Å². The first-order valence-corrected chi connectivity index (χ1v) is 19.2. The zero-order valence-electron chi connectivity index (χ0n) is 35.7. The highest BCUT2D eigenvalue weighted by Crippen LogP contribution is 2.33. The van der Waals surface area contributed by atoms with E-state index in [-0.39, 0.29) is 55.7 Å². The van der Waals surface area contributed by atoms with E-state index in [1.807, 2.05) is 39.8 Å². The van der Waals surface area contributed by atoms with E-state index < -0.39 is 35.9 Å². The Bertz CT molecular complexity index is 1810. The van der Waals surface area contributed by atoms with Crippen LogP contribution in [0.25, 0.3) is 0 Å². The molecule has 0 radical (unpaired) electrons. The number of likely N-dealkylation sites (N-methyl/N-ethyl adjacent to an activating group) is 3. The van der Waals surface area contributed by atoms with Gasteiger partial charge in [-0.15, -0.1) is 0 Å². The van der Waals surface area contributed by atoms with Crippen LogP contribution in [0.15, 0.2) is 36.4 Å². The normalized spacial score (nSPS) is 14.9. The summed E-state index contributed by atoms with van der Waals surface area (Å²) in [6.45, 7) is 9.14. The van der Waals surface area contributed by atoms with Crippen molar-refractivity contribution in [3.8, 4) is 0 Å². The van der Waals surface area contributed by atoms with Gasteiger partial charge in [0.1, 0.15) is 0 Å². The molecule has 7 atom stereocenters. The van der Waals surface area contributed by atoms with Crippen molar-refractivity contribution in [2.24, 2.45) is 17.2 Å². The van der Waals surface area contributed by atoms with Crippen molar-refractivity contribution in [2.75, 3.05) is 55.5 Å². The van der Waals surface area contributed by atoms with Crippen molar-refractivity contribution in [3.63, 3.8) is 0 Å². The third-order valence-electron chi connectivity index (χ3n) is 9.78. The molecule has 59 heavy (non-hydrogen) atoms. The molecule has 0 aromatic heterocycles. The van der Waals surface area contributed by atoms with E-state index in [4.69, 9.17) is 51.6 Å². The van der Waals surface area contributed by atoms with Gasteiger partial charge >= 0.3 is 0 Å². The second-order valence-electron chi connectivity index (χ2n) is 15.4. The second kappa shape index (κ2) is 23.3. The lowest BCUT2D eigenvalue weighted by atomic mass is 9.88. The molecule has 18 heteroatoms. The molecule has 0 heterocycles. The quantitative estimate of drug-likeness (QED) is 0.0861. The minimum atomic E-state index is -1.16. The number of amides is 3. The molecule has 0 aliphatic carbocycles. The van der Waals surface area contributed by atoms with Gasteiger partial charge in [-0.25, -0.2) is 0 Å². The van der Waals surface area contributed by atoms with Crippen molar-refractivity contribution >= 4 is 51.8 Å². The lowest BCUT2D eigenvalue weighted by molar-refractivity contribution is -0.123. The van der Waals surface area contributed by atoms with Crippen LogP contribution in [0, 0.1) is 20.8 Å². The fourth-order valence-corrected chi connectivity index (χ4v) is 6.62. The molecule has 0 aliphatic rings. The van der Waals surface area contributed by atoms with E-state index in [0.717, 1.165) is 16.7 Å². The van der Waals surface area contributed by atoms with Crippen molar-refractivity contribution in [1.82, 2.24) is 16.0 Å². The van der Waals surface area contributed by atoms with Crippen LogP contribution in [-0.2, 0) is 27.2 Å². The first-order chi connectivity index (χ1) is 27.3. The molecule has 330 valence electrons. The van der Waals surface area contributed by atoms with Gasteiger partial charge in [0, 0.05) is 97.1 Å². The van der Waals surface area contributed by atoms with Crippen LogP contribution in [-0.4, -0.2) is 90.1 Å². The second-order valence-corrected chi connectivity index (χ2v) is 15.4. The monoisotopic (exact) mass is 827 g/mol. The summed E-state index contributed by atoms with van der Waals surface area (Å²) in [5, 5.41) is 38.0. The van der Waals surface area contributed by atoms with E-state index in [0.29, 0.717) is 50.8 Å². The maximum absolute atomic E-state index is 11.4. The zero-order chi connectivity index (χ0) is 45.5. The van der Waals surface area contributed by atoms with Crippen molar-refractivity contribution in [1.29, 1.82) is 0 Å². The first-order valence-electron chi connectivity index (χ1n) is 19.2. The summed E-state index contributed by atoms with van der Waals surface area (Å²) in [6, 6.07) is 8.57. The molecule has 7 unspecified atom stereocenters. The van der Waals surface area contributed by atoms with Gasteiger partial charge in [-0.05, 0) is 93.6 Å². The van der Waals surface area contributed by atoms with E-state index in [1.54, 1.807) is 31.2 Å². The number of rotatable bonds is 15. The predicted octanol–water partition coefficient (Wildman–Crippen LogP) is -0.470. The maximum Gasteiger partial charge on any atom is 0.236 e. The van der Waals surface area contributed by atoms with Crippen LogP contribution >= 0.6 is 0 Å². The van der Waals surface area contributed by atoms with E-state index in [9.17, 15) is 29.7 Å². The van der Waals surface area contributed by atoms with Crippen LogP contribution in [0.2, 0.25) is 0 Å². The predicted molar refractivity (Wildman–Crippen MR) is 238 cm³/mol. The van der Waals surface area contributed by atoms with Gasteiger partial charge in [0.2, 0.25) is 17.7 Å². The molecule has 0 spiro atoms. The number of anilines is 6. The number of hydrogen-bond donors (Lipinski definition) is 15. The molecular formula is C41H70N12O6. The van der Waals surface area contributed by atoms with Crippen LogP contribution in [0.1, 0.15) is 72.4 Å². The molecule has 18 nitrogen and oxygen atoms in total. The highest BCUT2D eigenvalue weighted by atomic mass is 16.3. The summed E-state index contributed by atoms with van der Waals surface area (Å²) in [7, 11) is 4.52. The highest BCUT2D eigenvalue weighted by molar-refractivity contribution is 5.82. The smallest absolute Gasteiger partial charge is 0.236 e. The summed E-state index contributed by atoms with van der Waals surface area (Å²) >= 11 is 0. The summed E-state index contributed by atoms with van der Waals surface area (Å²) in [6.07, 6.45) is -0.605. The van der Waals surface area contributed by atoms with Crippen molar-refractivity contribution in [3.05, 3.63) is 69.8 Å². The summed E-state index contributed by atoms with van der Waals surface area (Å²) in [5.74, 6) is -1.22. The molecule has 3 rings (SSSR count). The Morgan fingerprint density at radius 3 is 1.34 bits per heavy atom. The van der Waals surface area contributed by atoms with Crippen molar-refractivity contribution < 1.29 is 29.7 Å². The zero-order valence-corrected chi connectivity index (χ0v) is 35.7. The largest absolute Gasteiger partial charge is 0.398 e. The number of nitrogens with two attached hydrogens (primary N) is 9. The number of carbonyl (C=O) groups is 3. The minimum absolute atomic E-state index is 0.124. The standard InChI is InChI=1S/2C14H24N4O2.C13H22N4O2/c1-8-4-10(15)9(11(16)5-8)6-14(2,20)7-12(17)13(19)18-3;1-7-4-9(15)13(10(16)5-7)8(2)12(19)6-11(17)14(20)18-3;1-7-3-10(14)9(11(15)4-7)5-8(18)6-12(16)13(19)17-2/h4-5,12,20H,6-7,15-17H2,1-3H3,(H,18,19);4-5,8,11-12,19H,6,15-17H2,1-3H3,(H,18,20);3-4,8,12,18H,5-6,14-16H2,1-2H3,(H,17,19). The maximum atomic E-state index is 11.4. The van der Waals surface area contributed by atoms with Crippen LogP contribution in [0.5, 0.6) is 0 Å². The minimum Gasteiger partial charge on any atom is -0.398 e. The summed E-state index contributed by atoms with van der Waals surface area (Å²) < 4.78 is 0. The first kappa shape index (κ1) is 51.6. The number of hydrogen-bond acceptors (Lipinski definition) is 15. The van der Waals surface area contributed by atoms with E-state index in [2.05, 4.69) is 16.0 Å². The Morgan fingerprint density at radius 2 is 0.949 bits per heavy atom. The van der Waals surface area contributed by atoms with Crippen molar-refractivity contribution in [2.45, 2.75) is 109 Å². The molecule has 0 bridgehead atoms. The molecule has 3 amide bonds. The number of benzene rings is 3. The van der Waals surface area contributed by atoms with Crippen LogP contribution < -0.4 is 67.6 Å². The Balaban J connectivity index is 0.000000443. The van der Waals surface area contributed by atoms with Gasteiger partial charge in [-0.2, -0.15) is 0 Å². The molecule has 0 saturated carbocycles. The Hall–Kier alpha value is -5.37. The molecular weight excluding hydrogens is 757 g/mol. The van der Waals surface area contributed by atoms with E-state index >= 15 is 0 Å². The number of carbonyl (C=O) groups excluding carboxylic acids is 3. The van der Waals surface area contributed by atoms with E-state index in [1.165, 1.54) is 21.1 Å². The molecule has 3 aromatic rings. The van der Waals surface area contributed by atoms with Gasteiger partial charge in [0.05, 0.1) is 35.9 Å². The fraction of sp³-hybridized carbons (Fsp3) is 0.488. The topological polar surface area (TPSA) is 382 Å². The molecule has 24 N–H and O–H groups in total. The molecule has 0 saturated heterocycles. The number of nitrogens with one attached hydrogen (secondary N) is 3. The molecule has 0 fully saturated rings. The lowest BCUT2D eigenvalue weighted by Gasteiger charge is -2.27. The average molecular weight is 827 g/mol. The SMILES string of the molecule is CNC(=O)C(N)CC(C)(O)Cc1c(N)cc(C)cc1N.CNC(=O)C(N)CC(O)C(C)c1c(N)cc(C)cc1N.CNC(=O)C(N)CC(O)Cc1c(N)cc(C)cc1N. The third kappa shape index (κ3) is 16.4. The van der Waals surface area contributed by atoms with Gasteiger partial charge in [0.15, 0.2) is 0 Å². The Morgan fingerprint density at radius 1 is 0.610 bits per heavy atom. The number of aliphatic hydroxyl groups is 3. The lowest BCUT2D eigenvalue weighted by Crippen LogP contribution is -2.45. The van der Waals surface area contributed by atoms with Gasteiger partial charge in [-0.3, -0.25) is 14.4 Å². The summed E-state index contributed by atoms with van der Waals surface area (Å²) in [4.78, 5) is 34.1. The number of nitrogen functional groups attached to an aromatic ring is 6. The highest BCUT2D eigenvalue weighted by Gasteiger charge is 2.29. The van der Waals surface area contributed by atoms with Crippen LogP contribution in [0.3, 0.4) is 0 Å². The number of aliphatic hydroxyl groups excluding tert-OH is 2. The summed E-state index contributed by atoms with van der Waals surface area (Å²) in [5.41, 5.74) is 59.8. The molecule has 0 aliphatic heterocycles. The Kier molecular flexibility index (Phi) is 20.4. The van der Waals surface area contributed by atoms with Gasteiger partial charge < -0.3 is 82.9 Å². The number of aryl methyl sites for hydroxylation is 3. The average Bonchev–Trinajstić information content (AvgIpc) is 3.13. The molecule has 3 aromatic carbocycles. The third-order valence-corrected chi connectivity index (χ3v) is 9.78.